The molecule has 2 aromatic rings. The second-order valence-corrected chi connectivity index (χ2v) is 8.35. The van der Waals surface area contributed by atoms with E-state index in [1.54, 1.807) is 6.07 Å². The van der Waals surface area contributed by atoms with Crippen molar-refractivity contribution < 1.29 is 5.11 Å². The molecule has 30 heavy (non-hydrogen) atoms. The number of nitrogens with zero attached hydrogens (tertiary/aromatic N) is 2. The Morgan fingerprint density at radius 1 is 1.20 bits per heavy atom. The Morgan fingerprint density at radius 2 is 1.87 bits per heavy atom. The Kier molecular flexibility index (Phi) is 10.2. The van der Waals surface area contributed by atoms with E-state index < -0.39 is 0 Å². The summed E-state index contributed by atoms with van der Waals surface area (Å²) in [6, 6.07) is 13.6. The molecule has 0 aliphatic carbocycles. The number of piperidine rings is 1. The van der Waals surface area contributed by atoms with Gasteiger partial charge >= 0.3 is 0 Å². The van der Waals surface area contributed by atoms with Gasteiger partial charge in [0.2, 0.25) is 0 Å². The molecule has 1 heterocycles. The van der Waals surface area contributed by atoms with Crippen molar-refractivity contribution in [2.75, 3.05) is 13.1 Å². The third kappa shape index (κ3) is 7.27. The van der Waals surface area contributed by atoms with Gasteiger partial charge in [0.05, 0.1) is 18.7 Å². The lowest BCUT2D eigenvalue weighted by Gasteiger charge is -2.30. The molecule has 3 rings (SSSR count). The number of halogens is 3. The van der Waals surface area contributed by atoms with Crippen LogP contribution in [0.4, 0.5) is 0 Å². The molecular weight excluding hydrogens is 534 g/mol. The van der Waals surface area contributed by atoms with Crippen molar-refractivity contribution in [3.8, 4) is 0 Å². The summed E-state index contributed by atoms with van der Waals surface area (Å²) >= 11 is 12.2. The van der Waals surface area contributed by atoms with Crippen molar-refractivity contribution in [2.45, 2.75) is 45.0 Å². The minimum Gasteiger partial charge on any atom is -0.393 e. The summed E-state index contributed by atoms with van der Waals surface area (Å²) in [4.78, 5) is 6.91. The maximum atomic E-state index is 9.70. The first kappa shape index (κ1) is 25.2. The predicted octanol–water partition coefficient (Wildman–Crippen LogP) is 4.73. The molecule has 0 bridgehead atoms. The Balaban J connectivity index is 0.00000320. The fourth-order valence-electron chi connectivity index (χ4n) is 3.55. The van der Waals surface area contributed by atoms with E-state index in [0.717, 1.165) is 43.6 Å². The molecule has 1 fully saturated rings. The van der Waals surface area contributed by atoms with Crippen molar-refractivity contribution in [3.05, 3.63) is 69.2 Å². The van der Waals surface area contributed by atoms with Gasteiger partial charge in [-0.1, -0.05) is 53.5 Å². The maximum absolute atomic E-state index is 9.70. The normalized spacial score (nSPS) is 16.7. The average molecular weight is 563 g/mol. The van der Waals surface area contributed by atoms with Gasteiger partial charge in [-0.05, 0) is 48.6 Å². The van der Waals surface area contributed by atoms with Gasteiger partial charge in [-0.25, -0.2) is 4.99 Å². The minimum atomic E-state index is -0.159. The van der Waals surface area contributed by atoms with Gasteiger partial charge in [0, 0.05) is 29.7 Å². The molecule has 1 unspecified atom stereocenters. The number of nitrogens with two attached hydrogens (primary N) is 1. The molecule has 0 aromatic heterocycles. The first-order valence-electron chi connectivity index (χ1n) is 9.91. The Labute approximate surface area is 205 Å². The molecule has 4 N–H and O–H groups in total. The molecule has 0 spiro atoms. The number of aliphatic hydroxyl groups is 1. The molecular formula is C22H29Cl2IN4O. The van der Waals surface area contributed by atoms with Crippen LogP contribution in [0.15, 0.2) is 47.5 Å². The van der Waals surface area contributed by atoms with E-state index in [1.807, 2.05) is 31.2 Å². The first-order chi connectivity index (χ1) is 13.9. The second-order valence-electron chi connectivity index (χ2n) is 7.51. The van der Waals surface area contributed by atoms with Crippen LogP contribution in [0.5, 0.6) is 0 Å². The van der Waals surface area contributed by atoms with Crippen molar-refractivity contribution in [1.82, 2.24) is 10.2 Å². The lowest BCUT2D eigenvalue weighted by atomic mass is 10.0. The highest BCUT2D eigenvalue weighted by Gasteiger charge is 2.18. The van der Waals surface area contributed by atoms with Crippen LogP contribution in [0.2, 0.25) is 10.0 Å². The quantitative estimate of drug-likeness (QED) is 0.270. The number of aliphatic imine (C=N–C) groups is 1. The second kappa shape index (κ2) is 12.1. The lowest BCUT2D eigenvalue weighted by Crippen LogP contribution is -2.35. The number of nitrogens with one attached hydrogen (secondary N) is 1. The zero-order valence-corrected chi connectivity index (χ0v) is 20.9. The third-order valence-corrected chi connectivity index (χ3v) is 5.85. The summed E-state index contributed by atoms with van der Waals surface area (Å²) in [7, 11) is 0. The summed E-state index contributed by atoms with van der Waals surface area (Å²) in [6.45, 7) is 5.19. The van der Waals surface area contributed by atoms with Crippen LogP contribution >= 0.6 is 47.2 Å². The molecule has 0 amide bonds. The molecule has 1 aliphatic heterocycles. The maximum Gasteiger partial charge on any atom is 0.189 e. The van der Waals surface area contributed by atoms with E-state index >= 15 is 0 Å². The fraction of sp³-hybridized carbons (Fsp3) is 0.409. The number of rotatable bonds is 6. The minimum absolute atomic E-state index is 0. The zero-order chi connectivity index (χ0) is 20.8. The van der Waals surface area contributed by atoms with Crippen LogP contribution in [-0.2, 0) is 13.1 Å². The van der Waals surface area contributed by atoms with E-state index in [1.165, 1.54) is 5.56 Å². The van der Waals surface area contributed by atoms with Crippen molar-refractivity contribution in [3.63, 3.8) is 0 Å². The molecule has 2 aromatic carbocycles. The number of aliphatic hydroxyl groups excluding tert-OH is 1. The molecule has 8 heteroatoms. The van der Waals surface area contributed by atoms with Gasteiger partial charge in [-0.2, -0.15) is 0 Å². The van der Waals surface area contributed by atoms with E-state index in [9.17, 15) is 5.11 Å². The number of hydrogen-bond acceptors (Lipinski definition) is 3. The highest BCUT2D eigenvalue weighted by Crippen LogP contribution is 2.26. The van der Waals surface area contributed by atoms with Crippen LogP contribution in [0.25, 0.3) is 0 Å². The summed E-state index contributed by atoms with van der Waals surface area (Å²) in [5, 5.41) is 14.1. The number of hydrogen-bond donors (Lipinski definition) is 3. The van der Waals surface area contributed by atoms with Gasteiger partial charge in [0.25, 0.3) is 0 Å². The summed E-state index contributed by atoms with van der Waals surface area (Å²) < 4.78 is 0. The van der Waals surface area contributed by atoms with E-state index in [4.69, 9.17) is 28.9 Å². The smallest absolute Gasteiger partial charge is 0.189 e. The SMILES string of the molecule is CC(NC(N)=NCc1ccccc1CN1CCC(O)CC1)c1ccc(Cl)cc1Cl.I. The predicted molar refractivity (Wildman–Crippen MR) is 136 cm³/mol. The molecule has 1 aliphatic rings. The van der Waals surface area contributed by atoms with Crippen molar-refractivity contribution in [2.24, 2.45) is 10.7 Å². The van der Waals surface area contributed by atoms with Gasteiger partial charge in [-0.3, -0.25) is 4.90 Å². The van der Waals surface area contributed by atoms with E-state index in [2.05, 4.69) is 27.3 Å². The van der Waals surface area contributed by atoms with Gasteiger partial charge in [0.15, 0.2) is 5.96 Å². The van der Waals surface area contributed by atoms with Gasteiger partial charge < -0.3 is 16.2 Å². The molecule has 1 atom stereocenters. The summed E-state index contributed by atoms with van der Waals surface area (Å²) in [5.74, 6) is 0.374. The number of benzene rings is 2. The molecule has 5 nitrogen and oxygen atoms in total. The van der Waals surface area contributed by atoms with Crippen LogP contribution in [0.3, 0.4) is 0 Å². The number of guanidine groups is 1. The standard InChI is InChI=1S/C22H28Cl2N4O.HI/c1-15(20-7-6-18(23)12-21(20)24)27-22(25)26-13-16-4-2-3-5-17(16)14-28-10-8-19(29)9-11-28;/h2-7,12,15,19,29H,8-11,13-14H2,1H3,(H3,25,26,27);1H. The monoisotopic (exact) mass is 562 g/mol. The molecule has 0 saturated carbocycles. The Morgan fingerprint density at radius 3 is 2.53 bits per heavy atom. The summed E-state index contributed by atoms with van der Waals surface area (Å²) in [6.07, 6.45) is 1.51. The van der Waals surface area contributed by atoms with Crippen molar-refractivity contribution >= 4 is 53.1 Å². The number of likely N-dealkylation sites (tertiary alicyclic amines) is 1. The lowest BCUT2D eigenvalue weighted by molar-refractivity contribution is 0.0791. The van der Waals surface area contributed by atoms with Crippen LogP contribution in [0.1, 0.15) is 42.5 Å². The highest BCUT2D eigenvalue weighted by atomic mass is 127. The van der Waals surface area contributed by atoms with Crippen LogP contribution in [0, 0.1) is 0 Å². The van der Waals surface area contributed by atoms with E-state index in [0.29, 0.717) is 22.5 Å². The average Bonchev–Trinajstić information content (AvgIpc) is 2.69. The molecule has 1 saturated heterocycles. The van der Waals surface area contributed by atoms with E-state index in [-0.39, 0.29) is 36.1 Å². The van der Waals surface area contributed by atoms with Gasteiger partial charge in [0.1, 0.15) is 0 Å². The topological polar surface area (TPSA) is 73.9 Å². The van der Waals surface area contributed by atoms with Crippen molar-refractivity contribution in [1.29, 1.82) is 0 Å². The largest absolute Gasteiger partial charge is 0.393 e. The zero-order valence-electron chi connectivity index (χ0n) is 17.0. The fourth-order valence-corrected chi connectivity index (χ4v) is 4.12. The Hall–Kier alpha value is -1.06. The molecule has 164 valence electrons. The summed E-state index contributed by atoms with van der Waals surface area (Å²) in [5.41, 5.74) is 9.44. The van der Waals surface area contributed by atoms with Gasteiger partial charge in [-0.15, -0.1) is 24.0 Å². The Bertz CT molecular complexity index is 857. The molecule has 0 radical (unpaired) electrons. The van der Waals surface area contributed by atoms with Crippen LogP contribution in [-0.4, -0.2) is 35.2 Å². The van der Waals surface area contributed by atoms with Crippen LogP contribution < -0.4 is 11.1 Å². The third-order valence-electron chi connectivity index (χ3n) is 5.28. The highest BCUT2D eigenvalue weighted by molar-refractivity contribution is 14.0. The first-order valence-corrected chi connectivity index (χ1v) is 10.7.